The summed E-state index contributed by atoms with van der Waals surface area (Å²) in [6.07, 6.45) is 8.67. The highest BCUT2D eigenvalue weighted by Gasteiger charge is 2.34. The van der Waals surface area contributed by atoms with Crippen molar-refractivity contribution in [3.8, 4) is 0 Å². The zero-order valence-electron chi connectivity index (χ0n) is 10.4. The predicted molar refractivity (Wildman–Crippen MR) is 71.2 cm³/mol. The summed E-state index contributed by atoms with van der Waals surface area (Å²) in [4.78, 5) is 11.7. The van der Waals surface area contributed by atoms with Crippen molar-refractivity contribution in [2.75, 3.05) is 0 Å². The van der Waals surface area contributed by atoms with Gasteiger partial charge in [-0.15, -0.1) is 0 Å². The first kappa shape index (κ1) is 12.1. The van der Waals surface area contributed by atoms with Crippen molar-refractivity contribution in [3.63, 3.8) is 0 Å². The number of allylic oxidation sites excluding steroid dienone is 2. The van der Waals surface area contributed by atoms with Crippen LogP contribution in [0.25, 0.3) is 0 Å². The van der Waals surface area contributed by atoms with Gasteiger partial charge in [0.2, 0.25) is 0 Å². The van der Waals surface area contributed by atoms with E-state index in [9.17, 15) is 9.18 Å². The van der Waals surface area contributed by atoms with Gasteiger partial charge in [0.15, 0.2) is 0 Å². The monoisotopic (exact) mass is 258 g/mol. The highest BCUT2D eigenvalue weighted by atomic mass is 19.1. The fraction of sp³-hybridized carbons (Fsp3) is 0.333. The second-order valence-corrected chi connectivity index (χ2v) is 5.17. The molecule has 4 heteroatoms. The quantitative estimate of drug-likeness (QED) is 0.505. The van der Waals surface area contributed by atoms with Crippen LogP contribution in [-0.4, -0.2) is 12.1 Å². The molecule has 3 rings (SSSR count). The molecule has 1 aromatic rings. The van der Waals surface area contributed by atoms with Gasteiger partial charge in [0.05, 0.1) is 0 Å². The van der Waals surface area contributed by atoms with E-state index in [0.717, 1.165) is 6.42 Å². The third-order valence-corrected chi connectivity index (χ3v) is 3.87. The van der Waals surface area contributed by atoms with Gasteiger partial charge in [0.25, 0.3) is 5.91 Å². The lowest BCUT2D eigenvalue weighted by atomic mass is 9.95. The van der Waals surface area contributed by atoms with Crippen LogP contribution in [0.3, 0.4) is 0 Å². The zero-order valence-corrected chi connectivity index (χ0v) is 10.4. The van der Waals surface area contributed by atoms with Gasteiger partial charge in [-0.3, -0.25) is 4.79 Å². The van der Waals surface area contributed by atoms with E-state index in [-0.39, 0.29) is 11.7 Å². The number of fused-ring (bicyclic) bond motifs is 2. The first-order chi connectivity index (χ1) is 9.22. The third-order valence-electron chi connectivity index (χ3n) is 3.87. The Labute approximate surface area is 111 Å². The number of hydrogen-bond acceptors (Lipinski definition) is 2. The molecule has 1 saturated carbocycles. The van der Waals surface area contributed by atoms with Gasteiger partial charge >= 0.3 is 0 Å². The Hall–Kier alpha value is -1.97. The van der Waals surface area contributed by atoms with Crippen LogP contribution in [0.15, 0.2) is 41.5 Å². The van der Waals surface area contributed by atoms with Crippen LogP contribution in [0, 0.1) is 23.6 Å². The summed E-state index contributed by atoms with van der Waals surface area (Å²) in [7, 11) is 0. The number of rotatable bonds is 3. The molecule has 3 nitrogen and oxygen atoms in total. The predicted octanol–water partition coefficient (Wildman–Crippen LogP) is 2.75. The summed E-state index contributed by atoms with van der Waals surface area (Å²) in [6, 6.07) is 5.42. The molecule has 2 bridgehead atoms. The number of halogens is 1. The topological polar surface area (TPSA) is 41.5 Å². The van der Waals surface area contributed by atoms with E-state index >= 15 is 0 Å². The number of nitrogens with zero attached hydrogens (tertiary/aromatic N) is 1. The van der Waals surface area contributed by atoms with Gasteiger partial charge in [0.1, 0.15) is 5.82 Å². The fourth-order valence-corrected chi connectivity index (χ4v) is 2.85. The van der Waals surface area contributed by atoms with Crippen molar-refractivity contribution in [2.45, 2.75) is 12.8 Å². The van der Waals surface area contributed by atoms with Crippen LogP contribution in [0.1, 0.15) is 23.2 Å². The van der Waals surface area contributed by atoms with Crippen LogP contribution in [0.2, 0.25) is 0 Å². The molecular formula is C15H15FN2O. The van der Waals surface area contributed by atoms with E-state index in [2.05, 4.69) is 22.7 Å². The number of carbonyl (C=O) groups excluding carboxylic acids is 1. The Morgan fingerprint density at radius 3 is 2.68 bits per heavy atom. The molecule has 3 atom stereocenters. The zero-order chi connectivity index (χ0) is 13.2. The van der Waals surface area contributed by atoms with Crippen molar-refractivity contribution in [1.29, 1.82) is 0 Å². The van der Waals surface area contributed by atoms with Gasteiger partial charge in [-0.25, -0.2) is 9.82 Å². The Bertz CT molecular complexity index is 536. The van der Waals surface area contributed by atoms with Crippen LogP contribution in [0.4, 0.5) is 4.39 Å². The molecule has 2 aliphatic rings. The van der Waals surface area contributed by atoms with Crippen molar-refractivity contribution in [3.05, 3.63) is 47.8 Å². The molecule has 0 heterocycles. The minimum Gasteiger partial charge on any atom is -0.267 e. The maximum absolute atomic E-state index is 12.7. The lowest BCUT2D eigenvalue weighted by Crippen LogP contribution is -2.19. The Balaban J connectivity index is 1.56. The minimum absolute atomic E-state index is 0.310. The number of carbonyl (C=O) groups is 1. The van der Waals surface area contributed by atoms with Crippen LogP contribution < -0.4 is 5.43 Å². The Morgan fingerprint density at radius 2 is 2.05 bits per heavy atom. The van der Waals surface area contributed by atoms with Crippen molar-refractivity contribution < 1.29 is 9.18 Å². The second kappa shape index (κ2) is 4.96. The lowest BCUT2D eigenvalue weighted by molar-refractivity contribution is 0.0955. The second-order valence-electron chi connectivity index (χ2n) is 5.17. The molecule has 1 fully saturated rings. The summed E-state index contributed by atoms with van der Waals surface area (Å²) in [6.45, 7) is 0. The molecule has 1 N–H and O–H groups in total. The fourth-order valence-electron chi connectivity index (χ4n) is 2.85. The van der Waals surface area contributed by atoms with Gasteiger partial charge in [-0.2, -0.15) is 5.10 Å². The van der Waals surface area contributed by atoms with Crippen LogP contribution in [-0.2, 0) is 0 Å². The van der Waals surface area contributed by atoms with E-state index < -0.39 is 0 Å². The van der Waals surface area contributed by atoms with E-state index in [1.54, 1.807) is 0 Å². The molecular weight excluding hydrogens is 243 g/mol. The molecule has 0 saturated heterocycles. The van der Waals surface area contributed by atoms with Gasteiger partial charge in [0, 0.05) is 17.7 Å². The summed E-state index contributed by atoms with van der Waals surface area (Å²) in [5.74, 6) is 1.04. The number of nitrogens with one attached hydrogen (secondary N) is 1. The molecule has 3 unspecified atom stereocenters. The average Bonchev–Trinajstić information content (AvgIpc) is 3.02. The van der Waals surface area contributed by atoms with Crippen molar-refractivity contribution in [1.82, 2.24) is 5.43 Å². The molecule has 0 aliphatic heterocycles. The molecule has 1 amide bonds. The van der Waals surface area contributed by atoms with E-state index in [0.29, 0.717) is 23.3 Å². The highest BCUT2D eigenvalue weighted by molar-refractivity contribution is 5.94. The van der Waals surface area contributed by atoms with Crippen LogP contribution in [0.5, 0.6) is 0 Å². The van der Waals surface area contributed by atoms with Gasteiger partial charge < -0.3 is 0 Å². The van der Waals surface area contributed by atoms with Crippen molar-refractivity contribution in [2.24, 2.45) is 22.9 Å². The lowest BCUT2D eigenvalue weighted by Gasteiger charge is -2.11. The van der Waals surface area contributed by atoms with Gasteiger partial charge in [-0.05, 0) is 48.9 Å². The normalized spacial score (nSPS) is 28.2. The third kappa shape index (κ3) is 2.57. The minimum atomic E-state index is -0.353. The van der Waals surface area contributed by atoms with E-state index in [1.165, 1.54) is 30.7 Å². The van der Waals surface area contributed by atoms with E-state index in [4.69, 9.17) is 0 Å². The summed E-state index contributed by atoms with van der Waals surface area (Å²) < 4.78 is 12.7. The number of amides is 1. The molecule has 98 valence electrons. The average molecular weight is 258 g/mol. The Morgan fingerprint density at radius 1 is 1.26 bits per heavy atom. The summed E-state index contributed by atoms with van der Waals surface area (Å²) >= 11 is 0. The summed E-state index contributed by atoms with van der Waals surface area (Å²) in [5, 5.41) is 4.02. The molecule has 2 aliphatic carbocycles. The highest BCUT2D eigenvalue weighted by Crippen LogP contribution is 2.42. The Kier molecular flexibility index (Phi) is 3.15. The molecule has 0 spiro atoms. The molecule has 19 heavy (non-hydrogen) atoms. The maximum atomic E-state index is 12.7. The number of hydrogen-bond donors (Lipinski definition) is 1. The standard InChI is InChI=1S/C15H15FN2O/c16-14-5-3-11(4-6-14)15(19)18-17-9-13-8-10-1-2-12(13)7-10/h1-6,9-10,12-13H,7-8H2,(H,18,19). The SMILES string of the molecule is O=C(NN=CC1CC2C=CC1C2)c1ccc(F)cc1. The molecule has 0 radical (unpaired) electrons. The maximum Gasteiger partial charge on any atom is 0.271 e. The first-order valence-electron chi connectivity index (χ1n) is 6.50. The largest absolute Gasteiger partial charge is 0.271 e. The van der Waals surface area contributed by atoms with E-state index in [1.807, 2.05) is 6.21 Å². The number of benzene rings is 1. The number of hydrazone groups is 1. The smallest absolute Gasteiger partial charge is 0.267 e. The molecule has 0 aromatic heterocycles. The summed E-state index contributed by atoms with van der Waals surface area (Å²) in [5.41, 5.74) is 2.90. The first-order valence-corrected chi connectivity index (χ1v) is 6.50. The molecule has 1 aromatic carbocycles. The van der Waals surface area contributed by atoms with Gasteiger partial charge in [-0.1, -0.05) is 12.2 Å². The van der Waals surface area contributed by atoms with Crippen LogP contribution >= 0.6 is 0 Å². The van der Waals surface area contributed by atoms with Crippen molar-refractivity contribution >= 4 is 12.1 Å².